The summed E-state index contributed by atoms with van der Waals surface area (Å²) in [6.07, 6.45) is 4.54. The summed E-state index contributed by atoms with van der Waals surface area (Å²) in [6, 6.07) is 3.32. The molecular formula is C20H28F2N2O2. The number of benzene rings is 1. The lowest BCUT2D eigenvalue weighted by molar-refractivity contribution is -0.138. The van der Waals surface area contributed by atoms with Gasteiger partial charge < -0.3 is 10.2 Å². The van der Waals surface area contributed by atoms with Gasteiger partial charge in [-0.25, -0.2) is 8.78 Å². The zero-order valence-corrected chi connectivity index (χ0v) is 15.6. The van der Waals surface area contributed by atoms with E-state index >= 15 is 0 Å². The molecule has 2 rings (SSSR count). The van der Waals surface area contributed by atoms with Gasteiger partial charge in [-0.15, -0.1) is 0 Å². The Kier molecular flexibility index (Phi) is 7.54. The predicted octanol–water partition coefficient (Wildman–Crippen LogP) is 4.36. The van der Waals surface area contributed by atoms with Crippen molar-refractivity contribution in [3.05, 3.63) is 29.8 Å². The molecule has 1 fully saturated rings. The largest absolute Gasteiger partial charge is 0.342 e. The molecule has 1 aromatic rings. The van der Waals surface area contributed by atoms with Gasteiger partial charge in [-0.2, -0.15) is 0 Å². The lowest BCUT2D eigenvalue weighted by Crippen LogP contribution is -2.39. The van der Waals surface area contributed by atoms with Gasteiger partial charge in [-0.1, -0.05) is 13.8 Å². The highest BCUT2D eigenvalue weighted by Gasteiger charge is 2.31. The molecule has 26 heavy (non-hydrogen) atoms. The fourth-order valence-corrected chi connectivity index (χ4v) is 3.55. The summed E-state index contributed by atoms with van der Waals surface area (Å²) in [4.78, 5) is 27.0. The fourth-order valence-electron chi connectivity index (χ4n) is 3.55. The Morgan fingerprint density at radius 2 is 1.58 bits per heavy atom. The number of rotatable bonds is 7. The number of carbonyl (C=O) groups is 2. The quantitative estimate of drug-likeness (QED) is 0.779. The van der Waals surface area contributed by atoms with Crippen LogP contribution in [0.2, 0.25) is 0 Å². The average molecular weight is 366 g/mol. The average Bonchev–Trinajstić information content (AvgIpc) is 2.64. The second kappa shape index (κ2) is 9.64. The molecule has 6 heteroatoms. The maximum absolute atomic E-state index is 13.2. The van der Waals surface area contributed by atoms with Crippen LogP contribution < -0.4 is 5.32 Å². The molecule has 1 N–H and O–H groups in total. The first-order valence-electron chi connectivity index (χ1n) is 9.50. The second-order valence-electron chi connectivity index (χ2n) is 6.99. The van der Waals surface area contributed by atoms with Crippen molar-refractivity contribution in [2.75, 3.05) is 18.4 Å². The molecule has 1 aliphatic rings. The third-order valence-electron chi connectivity index (χ3n) is 4.93. The van der Waals surface area contributed by atoms with E-state index in [0.717, 1.165) is 38.1 Å². The van der Waals surface area contributed by atoms with Crippen molar-refractivity contribution >= 4 is 17.5 Å². The molecule has 1 aliphatic carbocycles. The molecule has 0 radical (unpaired) electrons. The number of hydrogen-bond donors (Lipinski definition) is 1. The van der Waals surface area contributed by atoms with Gasteiger partial charge in [0, 0.05) is 36.7 Å². The SMILES string of the molecule is CCCN(CCC)C(=O)C1CCC(C(=O)Nc2ccc(F)c(F)c2)CC1. The van der Waals surface area contributed by atoms with Crippen LogP contribution in [0.5, 0.6) is 0 Å². The Labute approximate surface area is 153 Å². The van der Waals surface area contributed by atoms with E-state index in [2.05, 4.69) is 19.2 Å². The summed E-state index contributed by atoms with van der Waals surface area (Å²) in [5, 5.41) is 2.65. The molecule has 0 aliphatic heterocycles. The molecular weight excluding hydrogens is 338 g/mol. The maximum atomic E-state index is 13.2. The van der Waals surface area contributed by atoms with E-state index in [4.69, 9.17) is 0 Å². The van der Waals surface area contributed by atoms with Crippen molar-refractivity contribution in [2.24, 2.45) is 11.8 Å². The van der Waals surface area contributed by atoms with Gasteiger partial charge in [-0.3, -0.25) is 9.59 Å². The highest BCUT2D eigenvalue weighted by atomic mass is 19.2. The zero-order valence-electron chi connectivity index (χ0n) is 15.6. The highest BCUT2D eigenvalue weighted by Crippen LogP contribution is 2.31. The summed E-state index contributed by atoms with van der Waals surface area (Å²) in [5.74, 6) is -2.12. The summed E-state index contributed by atoms with van der Waals surface area (Å²) in [6.45, 7) is 5.69. The molecule has 1 saturated carbocycles. The summed E-state index contributed by atoms with van der Waals surface area (Å²) in [7, 11) is 0. The second-order valence-corrected chi connectivity index (χ2v) is 6.99. The van der Waals surface area contributed by atoms with Crippen molar-refractivity contribution in [2.45, 2.75) is 52.4 Å². The molecule has 0 atom stereocenters. The minimum atomic E-state index is -0.982. The van der Waals surface area contributed by atoms with E-state index in [1.54, 1.807) is 0 Å². The Morgan fingerprint density at radius 3 is 2.12 bits per heavy atom. The number of carbonyl (C=O) groups excluding carboxylic acids is 2. The Bertz CT molecular complexity index is 622. The lowest BCUT2D eigenvalue weighted by Gasteiger charge is -2.31. The number of halogens is 2. The molecule has 4 nitrogen and oxygen atoms in total. The van der Waals surface area contributed by atoms with E-state index in [-0.39, 0.29) is 29.3 Å². The first-order chi connectivity index (χ1) is 12.5. The summed E-state index contributed by atoms with van der Waals surface area (Å²) in [5.41, 5.74) is 0.254. The molecule has 0 aromatic heterocycles. The predicted molar refractivity (Wildman–Crippen MR) is 97.6 cm³/mol. The van der Waals surface area contributed by atoms with Crippen molar-refractivity contribution < 1.29 is 18.4 Å². The van der Waals surface area contributed by atoms with E-state index in [1.807, 2.05) is 4.90 Å². The minimum Gasteiger partial charge on any atom is -0.342 e. The molecule has 0 unspecified atom stereocenters. The van der Waals surface area contributed by atoms with Crippen LogP contribution in [0.25, 0.3) is 0 Å². The van der Waals surface area contributed by atoms with E-state index < -0.39 is 11.6 Å². The molecule has 144 valence electrons. The van der Waals surface area contributed by atoms with Crippen LogP contribution in [0.3, 0.4) is 0 Å². The van der Waals surface area contributed by atoms with Crippen LogP contribution in [-0.2, 0) is 9.59 Å². The number of amides is 2. The van der Waals surface area contributed by atoms with E-state index in [9.17, 15) is 18.4 Å². The van der Waals surface area contributed by atoms with Crippen LogP contribution in [0.1, 0.15) is 52.4 Å². The Balaban J connectivity index is 1.87. The molecule has 0 bridgehead atoms. The van der Waals surface area contributed by atoms with Gasteiger partial charge in [0.2, 0.25) is 11.8 Å². The monoisotopic (exact) mass is 366 g/mol. The zero-order chi connectivity index (χ0) is 19.1. The summed E-state index contributed by atoms with van der Waals surface area (Å²) >= 11 is 0. The topological polar surface area (TPSA) is 49.4 Å². The first kappa shape index (κ1) is 20.3. The van der Waals surface area contributed by atoms with Gasteiger partial charge in [0.1, 0.15) is 0 Å². The summed E-state index contributed by atoms with van der Waals surface area (Å²) < 4.78 is 26.2. The third kappa shape index (κ3) is 5.26. The Hall–Kier alpha value is -1.98. The number of nitrogens with zero attached hydrogens (tertiary/aromatic N) is 1. The molecule has 2 amide bonds. The molecule has 0 spiro atoms. The number of nitrogens with one attached hydrogen (secondary N) is 1. The molecule has 0 saturated heterocycles. The normalized spacial score (nSPS) is 19.8. The van der Waals surface area contributed by atoms with Crippen LogP contribution >= 0.6 is 0 Å². The number of anilines is 1. The van der Waals surface area contributed by atoms with Crippen molar-refractivity contribution in [1.29, 1.82) is 0 Å². The van der Waals surface area contributed by atoms with Gasteiger partial charge >= 0.3 is 0 Å². The molecule has 0 heterocycles. The van der Waals surface area contributed by atoms with Crippen LogP contribution in [0.4, 0.5) is 14.5 Å². The number of hydrogen-bond acceptors (Lipinski definition) is 2. The van der Waals surface area contributed by atoms with Gasteiger partial charge in [0.15, 0.2) is 11.6 Å². The lowest BCUT2D eigenvalue weighted by atomic mass is 9.80. The fraction of sp³-hybridized carbons (Fsp3) is 0.600. The first-order valence-corrected chi connectivity index (χ1v) is 9.50. The highest BCUT2D eigenvalue weighted by molar-refractivity contribution is 5.92. The van der Waals surface area contributed by atoms with Crippen LogP contribution in [0, 0.1) is 23.5 Å². The van der Waals surface area contributed by atoms with Gasteiger partial charge in [0.25, 0.3) is 0 Å². The van der Waals surface area contributed by atoms with Crippen molar-refractivity contribution in [3.8, 4) is 0 Å². The van der Waals surface area contributed by atoms with Crippen molar-refractivity contribution in [1.82, 2.24) is 4.90 Å². The minimum absolute atomic E-state index is 0.0135. The van der Waals surface area contributed by atoms with E-state index in [0.29, 0.717) is 25.7 Å². The van der Waals surface area contributed by atoms with Crippen molar-refractivity contribution in [3.63, 3.8) is 0 Å². The van der Waals surface area contributed by atoms with Crippen LogP contribution in [0.15, 0.2) is 18.2 Å². The standard InChI is InChI=1S/C20H28F2N2O2/c1-3-11-24(12-4-2)20(26)15-7-5-14(6-8-15)19(25)23-16-9-10-17(21)18(22)13-16/h9-10,13-15H,3-8,11-12H2,1-2H3,(H,23,25). The molecule has 1 aromatic carbocycles. The third-order valence-corrected chi connectivity index (χ3v) is 4.93. The maximum Gasteiger partial charge on any atom is 0.227 e. The van der Waals surface area contributed by atoms with Gasteiger partial charge in [-0.05, 0) is 50.7 Å². The smallest absolute Gasteiger partial charge is 0.227 e. The van der Waals surface area contributed by atoms with E-state index in [1.165, 1.54) is 6.07 Å². The Morgan fingerprint density at radius 1 is 1.00 bits per heavy atom. The van der Waals surface area contributed by atoms with Gasteiger partial charge in [0.05, 0.1) is 0 Å². The van der Waals surface area contributed by atoms with Crippen LogP contribution in [-0.4, -0.2) is 29.8 Å².